The van der Waals surface area contributed by atoms with Crippen LogP contribution in [0.2, 0.25) is 5.02 Å². The highest BCUT2D eigenvalue weighted by atomic mass is 35.5. The predicted octanol–water partition coefficient (Wildman–Crippen LogP) is 2.92. The van der Waals surface area contributed by atoms with Gasteiger partial charge in [0.25, 0.3) is 0 Å². The van der Waals surface area contributed by atoms with Crippen LogP contribution in [0.5, 0.6) is 0 Å². The number of aryl methyl sites for hydroxylation is 2. The first-order chi connectivity index (χ1) is 8.71. The first-order valence-corrected chi connectivity index (χ1v) is 6.22. The molecule has 2 rings (SSSR count). The molecule has 0 spiro atoms. The molecule has 0 atom stereocenters. The number of rotatable bonds is 3. The molecule has 1 aromatic heterocycles. The molecule has 0 unspecified atom stereocenters. The summed E-state index contributed by atoms with van der Waals surface area (Å²) in [6, 6.07) is 7.46. The van der Waals surface area contributed by atoms with Gasteiger partial charge in [0.15, 0.2) is 5.82 Å². The summed E-state index contributed by atoms with van der Waals surface area (Å²) in [5, 5.41) is 14.0. The highest BCUT2D eigenvalue weighted by Crippen LogP contribution is 2.23. The van der Waals surface area contributed by atoms with Crippen LogP contribution < -0.4 is 0 Å². The van der Waals surface area contributed by atoms with E-state index >= 15 is 0 Å². The Labute approximate surface area is 111 Å². The fraction of sp³-hybridized carbons (Fsp3) is 0.308. The normalized spacial score (nSPS) is 10.3. The van der Waals surface area contributed by atoms with E-state index in [1.807, 2.05) is 26.0 Å². The quantitative estimate of drug-likeness (QED) is 0.853. The maximum atomic E-state index is 9.19. The number of aromatic nitrogens is 3. The zero-order chi connectivity index (χ0) is 13.1. The van der Waals surface area contributed by atoms with Crippen molar-refractivity contribution in [1.29, 1.82) is 5.26 Å². The van der Waals surface area contributed by atoms with Gasteiger partial charge in [0.2, 0.25) is 0 Å². The van der Waals surface area contributed by atoms with Crippen LogP contribution in [-0.2, 0) is 12.8 Å². The van der Waals surface area contributed by atoms with E-state index in [9.17, 15) is 5.26 Å². The third-order valence-corrected chi connectivity index (χ3v) is 3.00. The van der Waals surface area contributed by atoms with Crippen LogP contribution in [0.1, 0.15) is 31.1 Å². The number of nitrogens with zero attached hydrogens (tertiary/aromatic N) is 4. The summed E-state index contributed by atoms with van der Waals surface area (Å²) in [5.74, 6) is 1.61. The molecule has 0 aliphatic rings. The molecular weight excluding hydrogens is 248 g/mol. The molecule has 0 radical (unpaired) electrons. The SMILES string of the molecule is CCc1nc(CC)n(-c2cccc(Cl)c2C#N)n1. The van der Waals surface area contributed by atoms with Crippen LogP contribution in [0.3, 0.4) is 0 Å². The van der Waals surface area contributed by atoms with Gasteiger partial charge in [-0.25, -0.2) is 9.67 Å². The molecule has 0 bridgehead atoms. The van der Waals surface area contributed by atoms with Gasteiger partial charge in [0.1, 0.15) is 11.9 Å². The molecule has 2 aromatic rings. The third kappa shape index (κ3) is 2.09. The van der Waals surface area contributed by atoms with Crippen molar-refractivity contribution < 1.29 is 0 Å². The Kier molecular flexibility index (Phi) is 3.63. The maximum Gasteiger partial charge on any atom is 0.151 e. The monoisotopic (exact) mass is 260 g/mol. The summed E-state index contributed by atoms with van der Waals surface area (Å²) in [7, 11) is 0. The summed E-state index contributed by atoms with van der Waals surface area (Å²) in [6.45, 7) is 4.01. The lowest BCUT2D eigenvalue weighted by Gasteiger charge is -2.07. The fourth-order valence-corrected chi connectivity index (χ4v) is 1.98. The average Bonchev–Trinajstić information content (AvgIpc) is 2.81. The van der Waals surface area contributed by atoms with Crippen LogP contribution in [0, 0.1) is 11.3 Å². The molecule has 18 heavy (non-hydrogen) atoms. The lowest BCUT2D eigenvalue weighted by Crippen LogP contribution is -2.04. The van der Waals surface area contributed by atoms with Crippen molar-refractivity contribution in [2.75, 3.05) is 0 Å². The van der Waals surface area contributed by atoms with E-state index in [4.69, 9.17) is 11.6 Å². The van der Waals surface area contributed by atoms with E-state index in [-0.39, 0.29) is 0 Å². The Morgan fingerprint density at radius 1 is 1.33 bits per heavy atom. The largest absolute Gasteiger partial charge is 0.216 e. The molecule has 5 heteroatoms. The van der Waals surface area contributed by atoms with Crippen molar-refractivity contribution in [2.45, 2.75) is 26.7 Å². The fourth-order valence-electron chi connectivity index (χ4n) is 1.76. The topological polar surface area (TPSA) is 54.5 Å². The minimum absolute atomic E-state index is 0.432. The van der Waals surface area contributed by atoms with Gasteiger partial charge in [-0.1, -0.05) is 31.5 Å². The first kappa shape index (κ1) is 12.6. The summed E-state index contributed by atoms with van der Waals surface area (Å²) >= 11 is 6.03. The zero-order valence-electron chi connectivity index (χ0n) is 10.3. The molecule has 0 aliphatic heterocycles. The lowest BCUT2D eigenvalue weighted by atomic mass is 10.2. The van der Waals surface area contributed by atoms with E-state index in [1.54, 1.807) is 10.7 Å². The Balaban J connectivity index is 2.65. The number of hydrogen-bond donors (Lipinski definition) is 0. The van der Waals surface area contributed by atoms with Gasteiger partial charge in [-0.3, -0.25) is 0 Å². The van der Waals surface area contributed by atoms with Crippen molar-refractivity contribution in [3.05, 3.63) is 40.4 Å². The van der Waals surface area contributed by atoms with Crippen LogP contribution in [0.4, 0.5) is 0 Å². The highest BCUT2D eigenvalue weighted by Gasteiger charge is 2.14. The minimum atomic E-state index is 0.432. The molecule has 0 amide bonds. The van der Waals surface area contributed by atoms with E-state index in [1.165, 1.54) is 0 Å². The molecule has 92 valence electrons. The van der Waals surface area contributed by atoms with E-state index in [0.717, 1.165) is 24.5 Å². The van der Waals surface area contributed by atoms with Crippen molar-refractivity contribution in [1.82, 2.24) is 14.8 Å². The van der Waals surface area contributed by atoms with Gasteiger partial charge in [-0.2, -0.15) is 10.4 Å². The van der Waals surface area contributed by atoms with Crippen LogP contribution in [0.15, 0.2) is 18.2 Å². The van der Waals surface area contributed by atoms with Crippen LogP contribution in [-0.4, -0.2) is 14.8 Å². The number of halogens is 1. The molecule has 1 heterocycles. The second kappa shape index (κ2) is 5.19. The predicted molar refractivity (Wildman–Crippen MR) is 69.8 cm³/mol. The van der Waals surface area contributed by atoms with Crippen molar-refractivity contribution in [3.63, 3.8) is 0 Å². The van der Waals surface area contributed by atoms with Gasteiger partial charge in [-0.05, 0) is 12.1 Å². The van der Waals surface area contributed by atoms with Gasteiger partial charge in [0, 0.05) is 12.8 Å². The van der Waals surface area contributed by atoms with E-state index in [2.05, 4.69) is 16.2 Å². The molecule has 0 N–H and O–H groups in total. The molecule has 0 saturated carbocycles. The van der Waals surface area contributed by atoms with Gasteiger partial charge < -0.3 is 0 Å². The van der Waals surface area contributed by atoms with Gasteiger partial charge >= 0.3 is 0 Å². The Bertz CT molecular complexity index is 610. The maximum absolute atomic E-state index is 9.19. The Morgan fingerprint density at radius 3 is 2.72 bits per heavy atom. The number of hydrogen-bond acceptors (Lipinski definition) is 3. The standard InChI is InChI=1S/C13H13ClN4/c1-3-12-16-13(4-2)18(17-12)11-7-5-6-10(14)9(11)8-15/h5-7H,3-4H2,1-2H3. The lowest BCUT2D eigenvalue weighted by molar-refractivity contribution is 0.789. The summed E-state index contributed by atoms with van der Waals surface area (Å²) < 4.78 is 1.71. The van der Waals surface area contributed by atoms with Crippen molar-refractivity contribution in [3.8, 4) is 11.8 Å². The van der Waals surface area contributed by atoms with Crippen LogP contribution >= 0.6 is 11.6 Å². The second-order valence-electron chi connectivity index (χ2n) is 3.81. The molecule has 1 aromatic carbocycles. The van der Waals surface area contributed by atoms with E-state index in [0.29, 0.717) is 16.3 Å². The van der Waals surface area contributed by atoms with Gasteiger partial charge in [0.05, 0.1) is 16.3 Å². The third-order valence-electron chi connectivity index (χ3n) is 2.68. The average molecular weight is 261 g/mol. The molecule has 0 saturated heterocycles. The number of nitriles is 1. The van der Waals surface area contributed by atoms with Crippen molar-refractivity contribution in [2.24, 2.45) is 0 Å². The number of benzene rings is 1. The first-order valence-electron chi connectivity index (χ1n) is 5.85. The summed E-state index contributed by atoms with van der Waals surface area (Å²) in [5.41, 5.74) is 1.12. The highest BCUT2D eigenvalue weighted by molar-refractivity contribution is 6.32. The zero-order valence-corrected chi connectivity index (χ0v) is 11.1. The van der Waals surface area contributed by atoms with Gasteiger partial charge in [-0.15, -0.1) is 0 Å². The van der Waals surface area contributed by atoms with Crippen molar-refractivity contribution >= 4 is 11.6 Å². The molecule has 4 nitrogen and oxygen atoms in total. The minimum Gasteiger partial charge on any atom is -0.216 e. The molecule has 0 aliphatic carbocycles. The Morgan fingerprint density at radius 2 is 2.11 bits per heavy atom. The Hall–Kier alpha value is -1.86. The second-order valence-corrected chi connectivity index (χ2v) is 4.22. The smallest absolute Gasteiger partial charge is 0.151 e. The van der Waals surface area contributed by atoms with Crippen LogP contribution in [0.25, 0.3) is 5.69 Å². The molecular formula is C13H13ClN4. The van der Waals surface area contributed by atoms with E-state index < -0.39 is 0 Å². The summed E-state index contributed by atoms with van der Waals surface area (Å²) in [4.78, 5) is 4.43. The molecule has 0 fully saturated rings. The summed E-state index contributed by atoms with van der Waals surface area (Å²) in [6.07, 6.45) is 1.52.